The Bertz CT molecular complexity index is 396. The summed E-state index contributed by atoms with van der Waals surface area (Å²) < 4.78 is 2.12. The largest absolute Gasteiger partial charge is 0.395 e. The van der Waals surface area contributed by atoms with E-state index in [9.17, 15) is 0 Å². The first-order valence-electron chi connectivity index (χ1n) is 7.05. The zero-order valence-electron chi connectivity index (χ0n) is 11.8. The maximum absolute atomic E-state index is 9.16. The Labute approximate surface area is 110 Å². The quantitative estimate of drug-likeness (QED) is 0.804. The van der Waals surface area contributed by atoms with E-state index in [4.69, 9.17) is 5.11 Å². The summed E-state index contributed by atoms with van der Waals surface area (Å²) in [5.41, 5.74) is 3.78. The van der Waals surface area contributed by atoms with E-state index in [1.54, 1.807) is 0 Å². The van der Waals surface area contributed by atoms with Gasteiger partial charge in [0.2, 0.25) is 0 Å². The highest BCUT2D eigenvalue weighted by atomic mass is 16.3. The Balaban J connectivity index is 2.11. The molecule has 1 aromatic rings. The molecule has 2 rings (SSSR count). The summed E-state index contributed by atoms with van der Waals surface area (Å²) in [4.78, 5) is 2.40. The molecule has 0 aliphatic heterocycles. The zero-order valence-corrected chi connectivity index (χ0v) is 11.8. The van der Waals surface area contributed by atoms with Crippen molar-refractivity contribution in [2.75, 3.05) is 13.2 Å². The van der Waals surface area contributed by atoms with Gasteiger partial charge in [0.25, 0.3) is 0 Å². The van der Waals surface area contributed by atoms with Crippen LogP contribution in [0.15, 0.2) is 0 Å². The molecule has 1 heterocycles. The minimum Gasteiger partial charge on any atom is -0.395 e. The molecule has 0 bridgehead atoms. The van der Waals surface area contributed by atoms with Crippen LogP contribution in [0.2, 0.25) is 0 Å². The lowest BCUT2D eigenvalue weighted by atomic mass is 10.2. The summed E-state index contributed by atoms with van der Waals surface area (Å²) in [7, 11) is 0. The van der Waals surface area contributed by atoms with Gasteiger partial charge in [0.1, 0.15) is 0 Å². The molecule has 0 amide bonds. The summed E-state index contributed by atoms with van der Waals surface area (Å²) in [6, 6.07) is 0.686. The van der Waals surface area contributed by atoms with Crippen molar-refractivity contribution in [1.29, 1.82) is 0 Å². The van der Waals surface area contributed by atoms with Crippen LogP contribution in [0.4, 0.5) is 0 Å². The number of aliphatic hydroxyl groups excluding tert-OH is 1. The molecule has 0 radical (unpaired) electrons. The van der Waals surface area contributed by atoms with Crippen LogP contribution in [-0.2, 0) is 13.1 Å². The molecule has 4 heteroatoms. The van der Waals surface area contributed by atoms with Gasteiger partial charge in [-0.15, -0.1) is 0 Å². The summed E-state index contributed by atoms with van der Waals surface area (Å²) >= 11 is 0. The van der Waals surface area contributed by atoms with Crippen molar-refractivity contribution in [3.8, 4) is 0 Å². The van der Waals surface area contributed by atoms with E-state index >= 15 is 0 Å². The molecule has 0 saturated heterocycles. The number of hydrogen-bond acceptors (Lipinski definition) is 3. The molecule has 0 atom stereocenters. The molecule has 0 spiro atoms. The fourth-order valence-electron chi connectivity index (χ4n) is 2.55. The molecule has 1 fully saturated rings. The summed E-state index contributed by atoms with van der Waals surface area (Å²) in [6.07, 6.45) is 3.67. The third-order valence-electron chi connectivity index (χ3n) is 3.78. The molecule has 1 aliphatic rings. The van der Waals surface area contributed by atoms with Crippen LogP contribution in [0, 0.1) is 13.8 Å². The van der Waals surface area contributed by atoms with Crippen molar-refractivity contribution in [2.45, 2.75) is 59.2 Å². The first-order valence-corrected chi connectivity index (χ1v) is 7.05. The van der Waals surface area contributed by atoms with Gasteiger partial charge in [-0.1, -0.05) is 6.92 Å². The summed E-state index contributed by atoms with van der Waals surface area (Å²) in [5, 5.41) is 13.8. The average Bonchev–Trinajstić information content (AvgIpc) is 3.13. The molecule has 102 valence electrons. The van der Waals surface area contributed by atoms with E-state index in [-0.39, 0.29) is 6.61 Å². The number of aromatic nitrogens is 2. The Hall–Kier alpha value is -0.870. The van der Waals surface area contributed by atoms with Gasteiger partial charge in [-0.25, -0.2) is 0 Å². The van der Waals surface area contributed by atoms with Gasteiger partial charge in [0, 0.05) is 36.9 Å². The first kappa shape index (κ1) is 13.6. The maximum atomic E-state index is 9.16. The van der Waals surface area contributed by atoms with Crippen LogP contribution >= 0.6 is 0 Å². The van der Waals surface area contributed by atoms with Crippen LogP contribution in [0.3, 0.4) is 0 Å². The molecule has 1 aromatic heterocycles. The van der Waals surface area contributed by atoms with E-state index in [1.807, 2.05) is 0 Å². The SMILES string of the molecule is CCCn1nc(C)c(CN(CCO)C2CC2)c1C. The lowest BCUT2D eigenvalue weighted by Gasteiger charge is -2.21. The zero-order chi connectivity index (χ0) is 13.1. The van der Waals surface area contributed by atoms with Crippen molar-refractivity contribution in [2.24, 2.45) is 0 Å². The second kappa shape index (κ2) is 5.85. The predicted octanol–water partition coefficient (Wildman–Crippen LogP) is 1.87. The molecule has 18 heavy (non-hydrogen) atoms. The number of aryl methyl sites for hydroxylation is 2. The molecular weight excluding hydrogens is 226 g/mol. The van der Waals surface area contributed by atoms with Crippen LogP contribution < -0.4 is 0 Å². The normalized spacial score (nSPS) is 15.6. The van der Waals surface area contributed by atoms with Gasteiger partial charge < -0.3 is 5.11 Å². The third-order valence-corrected chi connectivity index (χ3v) is 3.78. The Morgan fingerprint density at radius 2 is 2.11 bits per heavy atom. The highest BCUT2D eigenvalue weighted by Crippen LogP contribution is 2.29. The second-order valence-electron chi connectivity index (χ2n) is 5.30. The van der Waals surface area contributed by atoms with Gasteiger partial charge in [0.05, 0.1) is 12.3 Å². The van der Waals surface area contributed by atoms with Crippen LogP contribution in [0.1, 0.15) is 43.1 Å². The smallest absolute Gasteiger partial charge is 0.0641 e. The molecule has 0 unspecified atom stereocenters. The Kier molecular flexibility index (Phi) is 4.40. The second-order valence-corrected chi connectivity index (χ2v) is 5.30. The van der Waals surface area contributed by atoms with Crippen molar-refractivity contribution < 1.29 is 5.11 Å². The van der Waals surface area contributed by atoms with Crippen LogP contribution in [-0.4, -0.2) is 39.0 Å². The summed E-state index contributed by atoms with van der Waals surface area (Å²) in [6.45, 7) is 9.40. The fraction of sp³-hybridized carbons (Fsp3) is 0.786. The van der Waals surface area contributed by atoms with Crippen LogP contribution in [0.5, 0.6) is 0 Å². The van der Waals surface area contributed by atoms with Gasteiger partial charge in [-0.2, -0.15) is 5.10 Å². The predicted molar refractivity (Wildman–Crippen MR) is 72.5 cm³/mol. The van der Waals surface area contributed by atoms with Gasteiger partial charge in [-0.05, 0) is 33.1 Å². The van der Waals surface area contributed by atoms with Crippen molar-refractivity contribution in [1.82, 2.24) is 14.7 Å². The van der Waals surface area contributed by atoms with E-state index in [1.165, 1.54) is 24.1 Å². The Morgan fingerprint density at radius 3 is 2.67 bits per heavy atom. The van der Waals surface area contributed by atoms with Crippen molar-refractivity contribution >= 4 is 0 Å². The monoisotopic (exact) mass is 251 g/mol. The van der Waals surface area contributed by atoms with E-state index in [2.05, 4.69) is 35.5 Å². The third kappa shape index (κ3) is 2.93. The average molecular weight is 251 g/mol. The van der Waals surface area contributed by atoms with E-state index < -0.39 is 0 Å². The standard InChI is InChI=1S/C14H25N3O/c1-4-7-17-12(3)14(11(2)15-17)10-16(8-9-18)13-5-6-13/h13,18H,4-10H2,1-3H3. The number of rotatable bonds is 7. The lowest BCUT2D eigenvalue weighted by molar-refractivity contribution is 0.183. The minimum absolute atomic E-state index is 0.248. The molecule has 1 saturated carbocycles. The highest BCUT2D eigenvalue weighted by molar-refractivity contribution is 5.24. The van der Waals surface area contributed by atoms with Gasteiger partial charge in [0.15, 0.2) is 0 Å². The first-order chi connectivity index (χ1) is 8.67. The molecule has 0 aromatic carbocycles. The van der Waals surface area contributed by atoms with E-state index in [0.717, 1.165) is 31.7 Å². The van der Waals surface area contributed by atoms with Gasteiger partial charge >= 0.3 is 0 Å². The van der Waals surface area contributed by atoms with Crippen molar-refractivity contribution in [3.63, 3.8) is 0 Å². The van der Waals surface area contributed by atoms with E-state index in [0.29, 0.717) is 6.04 Å². The molecule has 4 nitrogen and oxygen atoms in total. The molecular formula is C14H25N3O. The topological polar surface area (TPSA) is 41.3 Å². The Morgan fingerprint density at radius 1 is 1.39 bits per heavy atom. The number of nitrogens with zero attached hydrogens (tertiary/aromatic N) is 3. The highest BCUT2D eigenvalue weighted by Gasteiger charge is 2.29. The summed E-state index contributed by atoms with van der Waals surface area (Å²) in [5.74, 6) is 0. The number of hydrogen-bond donors (Lipinski definition) is 1. The van der Waals surface area contributed by atoms with Gasteiger partial charge in [-0.3, -0.25) is 9.58 Å². The van der Waals surface area contributed by atoms with Crippen LogP contribution in [0.25, 0.3) is 0 Å². The minimum atomic E-state index is 0.248. The van der Waals surface area contributed by atoms with Crippen molar-refractivity contribution in [3.05, 3.63) is 17.0 Å². The number of aliphatic hydroxyl groups is 1. The molecule has 1 N–H and O–H groups in total. The molecule has 1 aliphatic carbocycles. The fourth-order valence-corrected chi connectivity index (χ4v) is 2.55. The maximum Gasteiger partial charge on any atom is 0.0641 e. The lowest BCUT2D eigenvalue weighted by Crippen LogP contribution is -2.29.